The number of hydrogen-bond donors (Lipinski definition) is 3. The first-order chi connectivity index (χ1) is 11.6. The standard InChI is InChI=1S/C18H27N3O3/c1-3-19-17(22)12-24-15-9-6-8-14(11-15)20-18(23)21-16-10-5-4-7-13(16)2/h6,8-9,11,13,16H,3-5,7,10,12H2,1-2H3,(H,19,22)(H2,20,21,23). The van der Waals surface area contributed by atoms with Gasteiger partial charge in [-0.05, 0) is 37.8 Å². The molecular formula is C18H27N3O3. The van der Waals surface area contributed by atoms with Gasteiger partial charge in [0.2, 0.25) is 0 Å². The first-order valence-electron chi connectivity index (χ1n) is 8.65. The van der Waals surface area contributed by atoms with Crippen LogP contribution in [-0.2, 0) is 4.79 Å². The summed E-state index contributed by atoms with van der Waals surface area (Å²) in [5.41, 5.74) is 0.643. The lowest BCUT2D eigenvalue weighted by Gasteiger charge is -2.29. The Balaban J connectivity index is 1.84. The van der Waals surface area contributed by atoms with Crippen molar-refractivity contribution in [3.05, 3.63) is 24.3 Å². The first-order valence-corrected chi connectivity index (χ1v) is 8.65. The highest BCUT2D eigenvalue weighted by Crippen LogP contribution is 2.24. The quantitative estimate of drug-likeness (QED) is 0.749. The fourth-order valence-electron chi connectivity index (χ4n) is 2.93. The normalized spacial score (nSPS) is 20.1. The van der Waals surface area contributed by atoms with Crippen molar-refractivity contribution in [3.8, 4) is 5.75 Å². The summed E-state index contributed by atoms with van der Waals surface area (Å²) in [5.74, 6) is 0.890. The van der Waals surface area contributed by atoms with Crippen LogP contribution < -0.4 is 20.7 Å². The van der Waals surface area contributed by atoms with Crippen molar-refractivity contribution < 1.29 is 14.3 Å². The zero-order valence-corrected chi connectivity index (χ0v) is 14.4. The molecule has 1 fully saturated rings. The smallest absolute Gasteiger partial charge is 0.319 e. The van der Waals surface area contributed by atoms with E-state index in [0.29, 0.717) is 23.9 Å². The van der Waals surface area contributed by atoms with E-state index in [1.54, 1.807) is 24.3 Å². The summed E-state index contributed by atoms with van der Waals surface area (Å²) >= 11 is 0. The van der Waals surface area contributed by atoms with Gasteiger partial charge in [-0.3, -0.25) is 4.79 Å². The van der Waals surface area contributed by atoms with Crippen LogP contribution in [0.4, 0.5) is 10.5 Å². The second-order valence-corrected chi connectivity index (χ2v) is 6.24. The molecule has 2 atom stereocenters. The van der Waals surface area contributed by atoms with Gasteiger partial charge in [-0.2, -0.15) is 0 Å². The second kappa shape index (κ2) is 9.15. The van der Waals surface area contributed by atoms with Gasteiger partial charge in [-0.15, -0.1) is 0 Å². The largest absolute Gasteiger partial charge is 0.484 e. The first kappa shape index (κ1) is 18.1. The summed E-state index contributed by atoms with van der Waals surface area (Å²) < 4.78 is 5.43. The van der Waals surface area contributed by atoms with Gasteiger partial charge in [0.05, 0.1) is 0 Å². The molecule has 132 valence electrons. The number of benzene rings is 1. The molecule has 2 rings (SSSR count). The van der Waals surface area contributed by atoms with Crippen LogP contribution in [0.2, 0.25) is 0 Å². The van der Waals surface area contributed by atoms with Gasteiger partial charge >= 0.3 is 6.03 Å². The molecule has 1 aromatic carbocycles. The molecule has 0 aromatic heterocycles. The minimum atomic E-state index is -0.199. The van der Waals surface area contributed by atoms with Crippen molar-refractivity contribution >= 4 is 17.6 Å². The summed E-state index contributed by atoms with van der Waals surface area (Å²) in [6, 6.07) is 7.08. The lowest BCUT2D eigenvalue weighted by atomic mass is 9.86. The number of ether oxygens (including phenoxy) is 1. The highest BCUT2D eigenvalue weighted by atomic mass is 16.5. The number of urea groups is 1. The molecule has 0 bridgehead atoms. The third kappa shape index (κ3) is 5.76. The zero-order chi connectivity index (χ0) is 17.4. The molecule has 3 N–H and O–H groups in total. The molecule has 24 heavy (non-hydrogen) atoms. The SMILES string of the molecule is CCNC(=O)COc1cccc(NC(=O)NC2CCCCC2C)c1. The lowest BCUT2D eigenvalue weighted by Crippen LogP contribution is -2.43. The van der Waals surface area contributed by atoms with Crippen LogP contribution in [0.15, 0.2) is 24.3 Å². The minimum Gasteiger partial charge on any atom is -0.484 e. The number of rotatable bonds is 6. The van der Waals surface area contributed by atoms with E-state index in [1.165, 1.54) is 12.8 Å². The van der Waals surface area contributed by atoms with Gasteiger partial charge in [-0.25, -0.2) is 4.79 Å². The Hall–Kier alpha value is -2.24. The summed E-state index contributed by atoms with van der Waals surface area (Å²) in [4.78, 5) is 23.6. The van der Waals surface area contributed by atoms with Gasteiger partial charge < -0.3 is 20.7 Å². The van der Waals surface area contributed by atoms with Gasteiger partial charge in [0.1, 0.15) is 5.75 Å². The number of carbonyl (C=O) groups is 2. The highest BCUT2D eigenvalue weighted by molar-refractivity contribution is 5.89. The Morgan fingerprint density at radius 1 is 1.25 bits per heavy atom. The molecule has 0 radical (unpaired) electrons. The fraction of sp³-hybridized carbons (Fsp3) is 0.556. The van der Waals surface area contributed by atoms with E-state index in [1.807, 2.05) is 6.92 Å². The number of nitrogens with one attached hydrogen (secondary N) is 3. The number of hydrogen-bond acceptors (Lipinski definition) is 3. The molecule has 0 saturated heterocycles. The average molecular weight is 333 g/mol. The summed E-state index contributed by atoms with van der Waals surface area (Å²) in [5, 5.41) is 8.55. The Morgan fingerprint density at radius 3 is 2.79 bits per heavy atom. The molecule has 0 spiro atoms. The Bertz CT molecular complexity index is 562. The molecule has 1 saturated carbocycles. The number of carbonyl (C=O) groups excluding carboxylic acids is 2. The van der Waals surface area contributed by atoms with E-state index in [-0.39, 0.29) is 24.6 Å². The minimum absolute atomic E-state index is 0.0386. The Labute approximate surface area is 143 Å². The van der Waals surface area contributed by atoms with E-state index < -0.39 is 0 Å². The predicted molar refractivity (Wildman–Crippen MR) is 94.2 cm³/mol. The van der Waals surface area contributed by atoms with Crippen molar-refractivity contribution in [1.82, 2.24) is 10.6 Å². The fourth-order valence-corrected chi connectivity index (χ4v) is 2.93. The van der Waals surface area contributed by atoms with Gasteiger partial charge in [0.25, 0.3) is 5.91 Å². The predicted octanol–water partition coefficient (Wildman–Crippen LogP) is 2.90. The Morgan fingerprint density at radius 2 is 2.04 bits per heavy atom. The molecule has 6 heteroatoms. The van der Waals surface area contributed by atoms with Crippen LogP contribution in [0.1, 0.15) is 39.5 Å². The maximum absolute atomic E-state index is 12.2. The molecule has 1 aromatic rings. The molecule has 3 amide bonds. The lowest BCUT2D eigenvalue weighted by molar-refractivity contribution is -0.122. The van der Waals surface area contributed by atoms with Crippen LogP contribution in [0.3, 0.4) is 0 Å². The zero-order valence-electron chi connectivity index (χ0n) is 14.4. The van der Waals surface area contributed by atoms with Crippen molar-refractivity contribution in [2.45, 2.75) is 45.6 Å². The number of likely N-dealkylation sites (N-methyl/N-ethyl adjacent to an activating group) is 1. The maximum atomic E-state index is 12.2. The van der Waals surface area contributed by atoms with Gasteiger partial charge in [0.15, 0.2) is 6.61 Å². The van der Waals surface area contributed by atoms with E-state index in [0.717, 1.165) is 12.8 Å². The summed E-state index contributed by atoms with van der Waals surface area (Å²) in [6.45, 7) is 4.57. The van der Waals surface area contributed by atoms with Crippen LogP contribution in [0.5, 0.6) is 5.75 Å². The van der Waals surface area contributed by atoms with E-state index in [4.69, 9.17) is 4.74 Å². The average Bonchev–Trinajstić information content (AvgIpc) is 2.56. The van der Waals surface area contributed by atoms with Crippen LogP contribution in [0.25, 0.3) is 0 Å². The molecule has 2 unspecified atom stereocenters. The number of amides is 3. The molecule has 1 aliphatic rings. The highest BCUT2D eigenvalue weighted by Gasteiger charge is 2.22. The third-order valence-corrected chi connectivity index (χ3v) is 4.26. The van der Waals surface area contributed by atoms with E-state index >= 15 is 0 Å². The second-order valence-electron chi connectivity index (χ2n) is 6.24. The molecular weight excluding hydrogens is 306 g/mol. The summed E-state index contributed by atoms with van der Waals surface area (Å²) in [6.07, 6.45) is 4.60. The van der Waals surface area contributed by atoms with Crippen molar-refractivity contribution in [2.24, 2.45) is 5.92 Å². The molecule has 6 nitrogen and oxygen atoms in total. The molecule has 0 aliphatic heterocycles. The summed E-state index contributed by atoms with van der Waals surface area (Å²) in [7, 11) is 0. The number of anilines is 1. The van der Waals surface area contributed by atoms with Crippen LogP contribution >= 0.6 is 0 Å². The van der Waals surface area contributed by atoms with Crippen molar-refractivity contribution in [3.63, 3.8) is 0 Å². The molecule has 1 aliphatic carbocycles. The monoisotopic (exact) mass is 333 g/mol. The maximum Gasteiger partial charge on any atom is 0.319 e. The van der Waals surface area contributed by atoms with Gasteiger partial charge in [0, 0.05) is 24.3 Å². The van der Waals surface area contributed by atoms with Crippen molar-refractivity contribution in [1.29, 1.82) is 0 Å². The van der Waals surface area contributed by atoms with Crippen LogP contribution in [-0.4, -0.2) is 31.1 Å². The third-order valence-electron chi connectivity index (χ3n) is 4.26. The van der Waals surface area contributed by atoms with Crippen molar-refractivity contribution in [2.75, 3.05) is 18.5 Å². The Kier molecular flexibility index (Phi) is 6.90. The van der Waals surface area contributed by atoms with E-state index in [2.05, 4.69) is 22.9 Å². The van der Waals surface area contributed by atoms with E-state index in [9.17, 15) is 9.59 Å². The molecule has 0 heterocycles. The topological polar surface area (TPSA) is 79.5 Å². The van der Waals surface area contributed by atoms with Gasteiger partial charge in [-0.1, -0.05) is 25.8 Å². The van der Waals surface area contributed by atoms with Crippen LogP contribution in [0, 0.1) is 5.92 Å².